The van der Waals surface area contributed by atoms with Crippen molar-refractivity contribution in [3.8, 4) is 0 Å². The highest BCUT2D eigenvalue weighted by Crippen LogP contribution is 2.32. The highest BCUT2D eigenvalue weighted by atomic mass is 32.2. The van der Waals surface area contributed by atoms with Crippen LogP contribution < -0.4 is 14.9 Å². The molecule has 0 atom stereocenters. The van der Waals surface area contributed by atoms with E-state index >= 15 is 0 Å². The molecule has 31 heavy (non-hydrogen) atoms. The molecule has 1 heterocycles. The van der Waals surface area contributed by atoms with Gasteiger partial charge in [-0.25, -0.2) is 13.2 Å². The van der Waals surface area contributed by atoms with E-state index in [4.69, 9.17) is 0 Å². The maximum absolute atomic E-state index is 13.1. The Bertz CT molecular complexity index is 1080. The summed E-state index contributed by atoms with van der Waals surface area (Å²) in [5.74, 6) is 0. The molecule has 2 aromatic rings. The lowest BCUT2D eigenvalue weighted by Gasteiger charge is -2.26. The summed E-state index contributed by atoms with van der Waals surface area (Å²) in [5, 5.41) is 3.15. The highest BCUT2D eigenvalue weighted by molar-refractivity contribution is 7.92. The lowest BCUT2D eigenvalue weighted by atomic mass is 9.96. The number of fused-ring (bicyclic) bond motifs is 1. The van der Waals surface area contributed by atoms with Gasteiger partial charge >= 0.3 is 6.03 Å². The summed E-state index contributed by atoms with van der Waals surface area (Å²) in [6.07, 6.45) is 6.29. The van der Waals surface area contributed by atoms with Crippen LogP contribution in [-0.4, -0.2) is 27.0 Å². The maximum atomic E-state index is 13.1. The quantitative estimate of drug-likeness (QED) is 0.714. The number of aryl methyl sites for hydroxylation is 3. The van der Waals surface area contributed by atoms with Gasteiger partial charge in [0.1, 0.15) is 0 Å². The van der Waals surface area contributed by atoms with Crippen LogP contribution in [0.1, 0.15) is 54.4 Å². The Kier molecular flexibility index (Phi) is 5.97. The number of rotatable bonds is 4. The molecule has 2 amide bonds. The molecule has 4 rings (SSSR count). The minimum Gasteiger partial charge on any atom is -0.335 e. The second-order valence-electron chi connectivity index (χ2n) is 8.86. The Morgan fingerprint density at radius 2 is 1.68 bits per heavy atom. The molecule has 2 aliphatic rings. The van der Waals surface area contributed by atoms with Gasteiger partial charge in [-0.2, -0.15) is 0 Å². The van der Waals surface area contributed by atoms with Crippen LogP contribution in [0.2, 0.25) is 0 Å². The highest BCUT2D eigenvalue weighted by Gasteiger charge is 2.28. The predicted molar refractivity (Wildman–Crippen MR) is 124 cm³/mol. The first-order chi connectivity index (χ1) is 14.7. The van der Waals surface area contributed by atoms with Gasteiger partial charge in [-0.1, -0.05) is 37.0 Å². The fourth-order valence-corrected chi connectivity index (χ4v) is 6.04. The van der Waals surface area contributed by atoms with Gasteiger partial charge in [0.25, 0.3) is 10.0 Å². The Morgan fingerprint density at radius 3 is 2.35 bits per heavy atom. The summed E-state index contributed by atoms with van der Waals surface area (Å²) in [5.41, 5.74) is 5.20. The monoisotopic (exact) mass is 441 g/mol. The first-order valence-electron chi connectivity index (χ1n) is 11.1. The minimum absolute atomic E-state index is 0.0784. The number of anilines is 2. The van der Waals surface area contributed by atoms with E-state index in [1.165, 1.54) is 6.42 Å². The predicted octanol–water partition coefficient (Wildman–Crippen LogP) is 4.82. The van der Waals surface area contributed by atoms with Crippen molar-refractivity contribution in [2.24, 2.45) is 0 Å². The third-order valence-electron chi connectivity index (χ3n) is 6.35. The van der Waals surface area contributed by atoms with E-state index in [2.05, 4.69) is 10.0 Å². The van der Waals surface area contributed by atoms with Crippen molar-refractivity contribution in [3.63, 3.8) is 0 Å². The minimum atomic E-state index is -3.72. The number of nitrogens with zero attached hydrogens (tertiary/aromatic N) is 1. The third-order valence-corrected chi connectivity index (χ3v) is 7.70. The van der Waals surface area contributed by atoms with Crippen molar-refractivity contribution in [2.75, 3.05) is 16.2 Å². The molecule has 2 aromatic carbocycles. The molecule has 1 aliphatic heterocycles. The van der Waals surface area contributed by atoms with Gasteiger partial charge in [-0.15, -0.1) is 0 Å². The molecule has 7 heteroatoms. The zero-order chi connectivity index (χ0) is 22.2. The number of carbonyl (C=O) groups excluding carboxylic acids is 1. The van der Waals surface area contributed by atoms with E-state index in [9.17, 15) is 13.2 Å². The summed E-state index contributed by atoms with van der Waals surface area (Å²) in [6.45, 7) is 6.38. The van der Waals surface area contributed by atoms with Crippen LogP contribution in [0.25, 0.3) is 0 Å². The molecule has 166 valence electrons. The van der Waals surface area contributed by atoms with E-state index in [0.717, 1.165) is 53.6 Å². The van der Waals surface area contributed by atoms with Crippen LogP contribution in [0.15, 0.2) is 35.2 Å². The van der Waals surface area contributed by atoms with E-state index in [-0.39, 0.29) is 17.0 Å². The fourth-order valence-electron chi connectivity index (χ4n) is 4.79. The Hall–Kier alpha value is -2.54. The molecular formula is C24H31N3O3S. The normalized spacial score (nSPS) is 16.8. The SMILES string of the molecule is Cc1cc(C)c(NS(=O)(=O)c2ccc3c(c2)CCN3C(=O)NC2CCCCC2)c(C)c1. The van der Waals surface area contributed by atoms with Gasteiger partial charge < -0.3 is 5.32 Å². The number of sulfonamides is 1. The molecule has 2 N–H and O–H groups in total. The summed E-state index contributed by atoms with van der Waals surface area (Å²) in [4.78, 5) is 14.7. The van der Waals surface area contributed by atoms with E-state index in [1.54, 1.807) is 23.1 Å². The second-order valence-corrected chi connectivity index (χ2v) is 10.5. The fraction of sp³-hybridized carbons (Fsp3) is 0.458. The standard InChI is InChI=1S/C24H31N3O3S/c1-16-13-17(2)23(18(3)14-16)26-31(29,30)21-9-10-22-19(15-21)11-12-27(22)24(28)25-20-7-5-4-6-8-20/h9-10,13-15,20,26H,4-8,11-12H2,1-3H3,(H,25,28). The lowest BCUT2D eigenvalue weighted by Crippen LogP contribution is -2.45. The van der Waals surface area contributed by atoms with E-state index < -0.39 is 10.0 Å². The number of hydrogen-bond donors (Lipinski definition) is 2. The van der Waals surface area contributed by atoms with Crippen molar-refractivity contribution in [1.82, 2.24) is 5.32 Å². The molecule has 0 saturated heterocycles. The Labute approximate surface area is 185 Å². The van der Waals surface area contributed by atoms with Gasteiger partial charge in [0, 0.05) is 18.3 Å². The summed E-state index contributed by atoms with van der Waals surface area (Å²) < 4.78 is 28.9. The summed E-state index contributed by atoms with van der Waals surface area (Å²) in [7, 11) is -3.72. The average molecular weight is 442 g/mol. The number of benzene rings is 2. The van der Waals surface area contributed by atoms with Crippen molar-refractivity contribution >= 4 is 27.4 Å². The molecule has 0 unspecified atom stereocenters. The number of nitrogens with one attached hydrogen (secondary N) is 2. The van der Waals surface area contributed by atoms with Crippen LogP contribution in [0.4, 0.5) is 16.2 Å². The van der Waals surface area contributed by atoms with Crippen LogP contribution in [0.3, 0.4) is 0 Å². The van der Waals surface area contributed by atoms with E-state index in [0.29, 0.717) is 18.7 Å². The van der Waals surface area contributed by atoms with Gasteiger partial charge in [-0.05, 0) is 74.9 Å². The van der Waals surface area contributed by atoms with E-state index in [1.807, 2.05) is 32.9 Å². The zero-order valence-electron chi connectivity index (χ0n) is 18.5. The third kappa shape index (κ3) is 4.56. The molecule has 1 fully saturated rings. The molecule has 0 radical (unpaired) electrons. The summed E-state index contributed by atoms with van der Waals surface area (Å²) >= 11 is 0. The first-order valence-corrected chi connectivity index (χ1v) is 12.5. The first kappa shape index (κ1) is 21.7. The van der Waals surface area contributed by atoms with Crippen molar-refractivity contribution in [3.05, 3.63) is 52.6 Å². The lowest BCUT2D eigenvalue weighted by molar-refractivity contribution is 0.238. The topological polar surface area (TPSA) is 78.5 Å². The number of amides is 2. The van der Waals surface area contributed by atoms with Crippen LogP contribution >= 0.6 is 0 Å². The van der Waals surface area contributed by atoms with Crippen LogP contribution in [0, 0.1) is 20.8 Å². The summed E-state index contributed by atoms with van der Waals surface area (Å²) in [6, 6.07) is 9.15. The van der Waals surface area contributed by atoms with Crippen molar-refractivity contribution in [1.29, 1.82) is 0 Å². The number of hydrogen-bond acceptors (Lipinski definition) is 3. The smallest absolute Gasteiger partial charge is 0.322 e. The van der Waals surface area contributed by atoms with Gasteiger partial charge in [0.2, 0.25) is 0 Å². The van der Waals surface area contributed by atoms with Gasteiger partial charge in [0.15, 0.2) is 0 Å². The van der Waals surface area contributed by atoms with Gasteiger partial charge in [0.05, 0.1) is 10.6 Å². The van der Waals surface area contributed by atoms with Crippen LogP contribution in [-0.2, 0) is 16.4 Å². The van der Waals surface area contributed by atoms with Crippen LogP contribution in [0.5, 0.6) is 0 Å². The number of urea groups is 1. The second kappa shape index (κ2) is 8.54. The Morgan fingerprint density at radius 1 is 1.00 bits per heavy atom. The molecule has 0 bridgehead atoms. The van der Waals surface area contributed by atoms with Crippen molar-refractivity contribution in [2.45, 2.75) is 70.2 Å². The molecular weight excluding hydrogens is 410 g/mol. The molecule has 1 aliphatic carbocycles. The number of carbonyl (C=O) groups is 1. The van der Waals surface area contributed by atoms with Gasteiger partial charge in [-0.3, -0.25) is 9.62 Å². The molecule has 0 aromatic heterocycles. The average Bonchev–Trinajstić information content (AvgIpc) is 3.15. The maximum Gasteiger partial charge on any atom is 0.322 e. The van der Waals surface area contributed by atoms with Crippen molar-refractivity contribution < 1.29 is 13.2 Å². The molecule has 1 saturated carbocycles. The molecule has 6 nitrogen and oxygen atoms in total. The zero-order valence-corrected chi connectivity index (χ0v) is 19.3. The molecule has 0 spiro atoms. The largest absolute Gasteiger partial charge is 0.335 e. The Balaban J connectivity index is 1.53.